The molecule has 2 aromatic rings. The van der Waals surface area contributed by atoms with Crippen LogP contribution in [0.3, 0.4) is 0 Å². The molecular weight excluding hydrogens is 304 g/mol. The van der Waals surface area contributed by atoms with Gasteiger partial charge in [0, 0.05) is 5.69 Å². The lowest BCUT2D eigenvalue weighted by Gasteiger charge is -2.20. The summed E-state index contributed by atoms with van der Waals surface area (Å²) in [6.45, 7) is 6.01. The predicted octanol–water partition coefficient (Wildman–Crippen LogP) is 4.37. The van der Waals surface area contributed by atoms with Crippen molar-refractivity contribution in [3.05, 3.63) is 54.1 Å². The summed E-state index contributed by atoms with van der Waals surface area (Å²) in [4.78, 5) is 12.1. The van der Waals surface area contributed by atoms with Gasteiger partial charge in [-0.15, -0.1) is 0 Å². The Balaban J connectivity index is 1.91. The van der Waals surface area contributed by atoms with Crippen molar-refractivity contribution in [2.75, 3.05) is 12.4 Å². The normalized spacial score (nSPS) is 11.7. The van der Waals surface area contributed by atoms with Crippen LogP contribution in [0.5, 0.6) is 11.5 Å². The molecule has 0 bridgehead atoms. The lowest BCUT2D eigenvalue weighted by atomic mass is 10.0. The molecular formula is C19H24N2O3. The molecule has 1 unspecified atom stereocenters. The number of amides is 2. The van der Waals surface area contributed by atoms with Gasteiger partial charge in [0.25, 0.3) is 0 Å². The maximum atomic E-state index is 12.1. The van der Waals surface area contributed by atoms with Crippen molar-refractivity contribution in [2.45, 2.75) is 32.9 Å². The van der Waals surface area contributed by atoms with E-state index in [-0.39, 0.29) is 6.03 Å². The standard InChI is InChI=1S/C19H24N2O3/c1-13(2)17-7-5-6-8-18(17)24-14(3)20-19(22)21-15-9-11-16(23-4)12-10-15/h5-14H,1-4H3,(H2,20,21,22). The van der Waals surface area contributed by atoms with E-state index in [4.69, 9.17) is 9.47 Å². The van der Waals surface area contributed by atoms with Gasteiger partial charge in [-0.25, -0.2) is 4.79 Å². The van der Waals surface area contributed by atoms with Crippen LogP contribution in [0, 0.1) is 0 Å². The Kier molecular flexibility index (Phi) is 6.07. The minimum atomic E-state index is -0.455. The number of carbonyl (C=O) groups is 1. The highest BCUT2D eigenvalue weighted by Gasteiger charge is 2.12. The fraction of sp³-hybridized carbons (Fsp3) is 0.316. The van der Waals surface area contributed by atoms with Gasteiger partial charge in [-0.05, 0) is 48.7 Å². The molecule has 5 heteroatoms. The largest absolute Gasteiger partial charge is 0.497 e. The Morgan fingerprint density at radius 1 is 1.00 bits per heavy atom. The van der Waals surface area contributed by atoms with E-state index in [0.29, 0.717) is 11.6 Å². The van der Waals surface area contributed by atoms with Crippen LogP contribution < -0.4 is 20.1 Å². The van der Waals surface area contributed by atoms with Gasteiger partial charge in [-0.3, -0.25) is 0 Å². The molecule has 0 spiro atoms. The van der Waals surface area contributed by atoms with Gasteiger partial charge in [-0.1, -0.05) is 32.0 Å². The number of nitrogens with one attached hydrogen (secondary N) is 2. The molecule has 2 N–H and O–H groups in total. The van der Waals surface area contributed by atoms with Gasteiger partial charge in [0.05, 0.1) is 7.11 Å². The van der Waals surface area contributed by atoms with Crippen LogP contribution >= 0.6 is 0 Å². The molecule has 0 aliphatic heterocycles. The van der Waals surface area contributed by atoms with Crippen LogP contribution in [0.15, 0.2) is 48.5 Å². The summed E-state index contributed by atoms with van der Waals surface area (Å²) in [5.41, 5.74) is 1.80. The van der Waals surface area contributed by atoms with Gasteiger partial charge in [0.1, 0.15) is 11.5 Å². The monoisotopic (exact) mass is 328 g/mol. The highest BCUT2D eigenvalue weighted by Crippen LogP contribution is 2.26. The lowest BCUT2D eigenvalue weighted by Crippen LogP contribution is -2.39. The smallest absolute Gasteiger partial charge is 0.322 e. The quantitative estimate of drug-likeness (QED) is 0.774. The maximum absolute atomic E-state index is 12.1. The molecule has 0 aliphatic rings. The number of urea groups is 1. The number of hydrogen-bond donors (Lipinski definition) is 2. The first-order valence-corrected chi connectivity index (χ1v) is 7.96. The summed E-state index contributed by atoms with van der Waals surface area (Å²) < 4.78 is 10.9. The third-order valence-corrected chi connectivity index (χ3v) is 3.53. The first-order chi connectivity index (χ1) is 11.5. The molecule has 2 amide bonds. The molecule has 128 valence electrons. The Morgan fingerprint density at radius 2 is 1.67 bits per heavy atom. The summed E-state index contributed by atoms with van der Waals surface area (Å²) in [5.74, 6) is 1.87. The number of ether oxygens (including phenoxy) is 2. The third kappa shape index (κ3) is 4.91. The Morgan fingerprint density at radius 3 is 2.29 bits per heavy atom. The van der Waals surface area contributed by atoms with Crippen molar-refractivity contribution in [3.8, 4) is 11.5 Å². The van der Waals surface area contributed by atoms with E-state index in [9.17, 15) is 4.79 Å². The number of para-hydroxylation sites is 1. The molecule has 0 saturated heterocycles. The molecule has 0 aliphatic carbocycles. The summed E-state index contributed by atoms with van der Waals surface area (Å²) in [5, 5.41) is 5.53. The molecule has 0 heterocycles. The van der Waals surface area contributed by atoms with Crippen molar-refractivity contribution in [1.29, 1.82) is 0 Å². The van der Waals surface area contributed by atoms with E-state index in [1.54, 1.807) is 38.3 Å². The topological polar surface area (TPSA) is 59.6 Å². The van der Waals surface area contributed by atoms with Crippen molar-refractivity contribution >= 4 is 11.7 Å². The second-order valence-corrected chi connectivity index (χ2v) is 5.78. The van der Waals surface area contributed by atoms with Gasteiger partial charge < -0.3 is 20.1 Å². The number of hydrogen-bond acceptors (Lipinski definition) is 3. The molecule has 5 nitrogen and oxygen atoms in total. The van der Waals surface area contributed by atoms with Crippen LogP contribution in [0.1, 0.15) is 32.3 Å². The van der Waals surface area contributed by atoms with Gasteiger partial charge in [0.2, 0.25) is 0 Å². The van der Waals surface area contributed by atoms with E-state index >= 15 is 0 Å². The van der Waals surface area contributed by atoms with Crippen LogP contribution in [0.4, 0.5) is 10.5 Å². The molecule has 0 saturated carbocycles. The van der Waals surface area contributed by atoms with Crippen molar-refractivity contribution < 1.29 is 14.3 Å². The fourth-order valence-corrected chi connectivity index (χ4v) is 2.31. The van der Waals surface area contributed by atoms with E-state index in [1.165, 1.54) is 0 Å². The van der Waals surface area contributed by atoms with Crippen molar-refractivity contribution in [3.63, 3.8) is 0 Å². The molecule has 2 aromatic carbocycles. The van der Waals surface area contributed by atoms with Gasteiger partial charge in [0.15, 0.2) is 6.23 Å². The summed E-state index contributed by atoms with van der Waals surface area (Å²) in [7, 11) is 1.60. The summed E-state index contributed by atoms with van der Waals surface area (Å²) >= 11 is 0. The molecule has 0 fully saturated rings. The Hall–Kier alpha value is -2.69. The van der Waals surface area contributed by atoms with Crippen LogP contribution in [-0.2, 0) is 0 Å². The first-order valence-electron chi connectivity index (χ1n) is 7.96. The van der Waals surface area contributed by atoms with E-state index < -0.39 is 6.23 Å². The zero-order valence-electron chi connectivity index (χ0n) is 14.5. The minimum Gasteiger partial charge on any atom is -0.497 e. The second-order valence-electron chi connectivity index (χ2n) is 5.78. The molecule has 1 atom stereocenters. The Labute approximate surface area is 143 Å². The SMILES string of the molecule is COc1ccc(NC(=O)NC(C)Oc2ccccc2C(C)C)cc1. The number of benzene rings is 2. The highest BCUT2D eigenvalue weighted by molar-refractivity contribution is 5.89. The lowest BCUT2D eigenvalue weighted by molar-refractivity contribution is 0.181. The molecule has 0 aromatic heterocycles. The van der Waals surface area contributed by atoms with Crippen LogP contribution in [0.2, 0.25) is 0 Å². The average Bonchev–Trinajstić information content (AvgIpc) is 2.55. The van der Waals surface area contributed by atoms with Gasteiger partial charge >= 0.3 is 6.03 Å². The molecule has 0 radical (unpaired) electrons. The highest BCUT2D eigenvalue weighted by atomic mass is 16.5. The zero-order chi connectivity index (χ0) is 17.5. The average molecular weight is 328 g/mol. The third-order valence-electron chi connectivity index (χ3n) is 3.53. The van der Waals surface area contributed by atoms with Crippen LogP contribution in [-0.4, -0.2) is 19.4 Å². The molecule has 24 heavy (non-hydrogen) atoms. The minimum absolute atomic E-state index is 0.324. The first kappa shape index (κ1) is 17.7. The van der Waals surface area contributed by atoms with Crippen LogP contribution in [0.25, 0.3) is 0 Å². The predicted molar refractivity (Wildman–Crippen MR) is 95.8 cm³/mol. The van der Waals surface area contributed by atoms with E-state index in [0.717, 1.165) is 17.1 Å². The van der Waals surface area contributed by atoms with Crippen molar-refractivity contribution in [2.24, 2.45) is 0 Å². The number of anilines is 1. The van der Waals surface area contributed by atoms with E-state index in [2.05, 4.69) is 24.5 Å². The Bertz CT molecular complexity index is 669. The number of rotatable bonds is 6. The van der Waals surface area contributed by atoms with Crippen molar-refractivity contribution in [1.82, 2.24) is 5.32 Å². The summed E-state index contributed by atoms with van der Waals surface area (Å²) in [6, 6.07) is 14.6. The van der Waals surface area contributed by atoms with Gasteiger partial charge in [-0.2, -0.15) is 0 Å². The fourth-order valence-electron chi connectivity index (χ4n) is 2.31. The number of methoxy groups -OCH3 is 1. The molecule has 2 rings (SSSR count). The summed E-state index contributed by atoms with van der Waals surface area (Å²) in [6.07, 6.45) is -0.455. The van der Waals surface area contributed by atoms with E-state index in [1.807, 2.05) is 24.3 Å². The number of carbonyl (C=O) groups excluding carboxylic acids is 1. The maximum Gasteiger partial charge on any atom is 0.322 e. The second kappa shape index (κ2) is 8.24. The zero-order valence-corrected chi connectivity index (χ0v) is 14.5.